The molecule has 184 valence electrons. The van der Waals surface area contributed by atoms with E-state index in [4.69, 9.17) is 4.98 Å². The number of anilines is 2. The molecule has 1 aliphatic rings. The van der Waals surface area contributed by atoms with Gasteiger partial charge in [0.15, 0.2) is 11.5 Å². The van der Waals surface area contributed by atoms with Crippen LogP contribution in [0.25, 0.3) is 28.1 Å². The fourth-order valence-corrected chi connectivity index (χ4v) is 4.69. The Kier molecular flexibility index (Phi) is 5.58. The number of fused-ring (bicyclic) bond motifs is 1. The summed E-state index contributed by atoms with van der Waals surface area (Å²) in [6.45, 7) is 4.03. The topological polar surface area (TPSA) is 133 Å². The van der Waals surface area contributed by atoms with Crippen molar-refractivity contribution >= 4 is 22.5 Å². The number of hydrogen-bond donors (Lipinski definition) is 3. The van der Waals surface area contributed by atoms with E-state index in [1.54, 1.807) is 6.33 Å². The summed E-state index contributed by atoms with van der Waals surface area (Å²) in [5.74, 6) is 1.27. The molecule has 3 N–H and O–H groups in total. The molecule has 0 spiro atoms. The SMILES string of the molecule is Cc1ccc(Nc2ccc3c(c2)ncn3-c2ccc([C@@H]3C[C@H](F)CN3)c(-c3c(C#N)n[nH]c3C)n2)nn1. The number of aromatic amines is 1. The summed E-state index contributed by atoms with van der Waals surface area (Å²) < 4.78 is 15.9. The molecule has 0 amide bonds. The third kappa shape index (κ3) is 4.17. The first kappa shape index (κ1) is 22.8. The molecule has 6 rings (SSSR count). The first-order valence-corrected chi connectivity index (χ1v) is 11.9. The molecule has 5 heterocycles. The van der Waals surface area contributed by atoms with Crippen molar-refractivity contribution in [3.63, 3.8) is 0 Å². The Morgan fingerprint density at radius 1 is 1.14 bits per heavy atom. The number of alkyl halides is 1. The van der Waals surface area contributed by atoms with Crippen LogP contribution < -0.4 is 10.6 Å². The number of H-pyrrole nitrogens is 1. The van der Waals surface area contributed by atoms with E-state index in [0.29, 0.717) is 29.3 Å². The summed E-state index contributed by atoms with van der Waals surface area (Å²) in [4.78, 5) is 9.54. The summed E-state index contributed by atoms with van der Waals surface area (Å²) >= 11 is 0. The average Bonchev–Trinajstić information content (AvgIpc) is 3.63. The Bertz CT molecular complexity index is 1650. The van der Waals surface area contributed by atoms with Crippen molar-refractivity contribution in [2.45, 2.75) is 32.5 Å². The number of imidazole rings is 1. The number of hydrogen-bond acceptors (Lipinski definition) is 8. The second kappa shape index (κ2) is 9.07. The van der Waals surface area contributed by atoms with Gasteiger partial charge in [0.05, 0.1) is 28.0 Å². The second-order valence-corrected chi connectivity index (χ2v) is 9.09. The van der Waals surface area contributed by atoms with E-state index < -0.39 is 6.17 Å². The number of benzene rings is 1. The van der Waals surface area contributed by atoms with E-state index in [0.717, 1.165) is 33.7 Å². The van der Waals surface area contributed by atoms with Gasteiger partial charge in [-0.15, -0.1) is 5.10 Å². The van der Waals surface area contributed by atoms with Gasteiger partial charge in [-0.1, -0.05) is 6.07 Å². The highest BCUT2D eigenvalue weighted by molar-refractivity contribution is 5.82. The largest absolute Gasteiger partial charge is 0.339 e. The van der Waals surface area contributed by atoms with E-state index >= 15 is 0 Å². The van der Waals surface area contributed by atoms with Crippen molar-refractivity contribution in [3.8, 4) is 23.1 Å². The van der Waals surface area contributed by atoms with E-state index in [1.807, 2.05) is 60.9 Å². The van der Waals surface area contributed by atoms with Gasteiger partial charge in [-0.25, -0.2) is 14.4 Å². The summed E-state index contributed by atoms with van der Waals surface area (Å²) in [5, 5.41) is 31.4. The predicted octanol–water partition coefficient (Wildman–Crippen LogP) is 4.21. The van der Waals surface area contributed by atoms with Gasteiger partial charge in [-0.2, -0.15) is 15.5 Å². The summed E-state index contributed by atoms with van der Waals surface area (Å²) in [7, 11) is 0. The number of aromatic nitrogens is 7. The van der Waals surface area contributed by atoms with Gasteiger partial charge >= 0.3 is 0 Å². The number of nitrogens with one attached hydrogen (secondary N) is 3. The van der Waals surface area contributed by atoms with Gasteiger partial charge in [0.25, 0.3) is 0 Å². The van der Waals surface area contributed by atoms with Crippen molar-refractivity contribution in [2.75, 3.05) is 11.9 Å². The minimum atomic E-state index is -0.926. The first-order chi connectivity index (χ1) is 18.0. The van der Waals surface area contributed by atoms with Crippen LogP contribution in [-0.2, 0) is 0 Å². The molecule has 0 radical (unpaired) electrons. The van der Waals surface area contributed by atoms with Crippen molar-refractivity contribution < 1.29 is 4.39 Å². The van der Waals surface area contributed by atoms with E-state index in [1.165, 1.54) is 0 Å². The number of nitriles is 1. The Hall–Kier alpha value is -4.69. The summed E-state index contributed by atoms with van der Waals surface area (Å²) in [6, 6.07) is 15.4. The van der Waals surface area contributed by atoms with Crippen LogP contribution in [0.15, 0.2) is 48.8 Å². The van der Waals surface area contributed by atoms with Crippen LogP contribution in [0.1, 0.15) is 35.1 Å². The third-order valence-corrected chi connectivity index (χ3v) is 6.52. The van der Waals surface area contributed by atoms with E-state index in [2.05, 4.69) is 42.1 Å². The fraction of sp³-hybridized carbons (Fsp3) is 0.231. The molecule has 11 heteroatoms. The summed E-state index contributed by atoms with van der Waals surface area (Å²) in [6.07, 6.45) is 1.14. The predicted molar refractivity (Wildman–Crippen MR) is 136 cm³/mol. The lowest BCUT2D eigenvalue weighted by atomic mass is 9.97. The molecule has 1 aromatic carbocycles. The first-order valence-electron chi connectivity index (χ1n) is 11.9. The van der Waals surface area contributed by atoms with Gasteiger partial charge in [0, 0.05) is 24.0 Å². The van der Waals surface area contributed by atoms with Crippen LogP contribution in [0.3, 0.4) is 0 Å². The maximum atomic E-state index is 14.0. The highest BCUT2D eigenvalue weighted by atomic mass is 19.1. The van der Waals surface area contributed by atoms with Crippen LogP contribution in [0.4, 0.5) is 15.9 Å². The molecule has 4 aromatic heterocycles. The monoisotopic (exact) mass is 494 g/mol. The number of nitrogens with zero attached hydrogens (tertiary/aromatic N) is 7. The number of aryl methyl sites for hydroxylation is 2. The average molecular weight is 495 g/mol. The maximum absolute atomic E-state index is 14.0. The maximum Gasteiger partial charge on any atom is 0.171 e. The lowest BCUT2D eigenvalue weighted by molar-refractivity contribution is 0.356. The van der Waals surface area contributed by atoms with E-state index in [9.17, 15) is 9.65 Å². The highest BCUT2D eigenvalue weighted by Crippen LogP contribution is 2.36. The van der Waals surface area contributed by atoms with Crippen molar-refractivity contribution in [2.24, 2.45) is 0 Å². The minimum Gasteiger partial charge on any atom is -0.339 e. The van der Waals surface area contributed by atoms with Crippen LogP contribution in [0.2, 0.25) is 0 Å². The van der Waals surface area contributed by atoms with Crippen molar-refractivity contribution in [1.82, 2.24) is 40.2 Å². The molecule has 2 atom stereocenters. The quantitative estimate of drug-likeness (QED) is 0.331. The Morgan fingerprint density at radius 2 is 2.03 bits per heavy atom. The second-order valence-electron chi connectivity index (χ2n) is 9.09. The lowest BCUT2D eigenvalue weighted by Gasteiger charge is -2.17. The molecular weight excluding hydrogens is 471 g/mol. The lowest BCUT2D eigenvalue weighted by Crippen LogP contribution is -2.16. The third-order valence-electron chi connectivity index (χ3n) is 6.52. The Balaban J connectivity index is 1.41. The normalized spacial score (nSPS) is 17.2. The van der Waals surface area contributed by atoms with Crippen LogP contribution in [-0.4, -0.2) is 47.6 Å². The Labute approximate surface area is 211 Å². The molecule has 0 saturated carbocycles. The number of pyridine rings is 1. The van der Waals surface area contributed by atoms with Gasteiger partial charge in [0.1, 0.15) is 24.4 Å². The van der Waals surface area contributed by atoms with Crippen LogP contribution >= 0.6 is 0 Å². The van der Waals surface area contributed by atoms with Gasteiger partial charge < -0.3 is 10.6 Å². The van der Waals surface area contributed by atoms with Crippen LogP contribution in [0.5, 0.6) is 0 Å². The minimum absolute atomic E-state index is 0.203. The zero-order valence-electron chi connectivity index (χ0n) is 20.2. The van der Waals surface area contributed by atoms with Gasteiger partial charge in [-0.3, -0.25) is 9.67 Å². The molecule has 1 saturated heterocycles. The van der Waals surface area contributed by atoms with Crippen LogP contribution in [0, 0.1) is 25.2 Å². The van der Waals surface area contributed by atoms with Gasteiger partial charge in [0.2, 0.25) is 0 Å². The standard InChI is InChI=1S/C26H23FN10/c1-14-3-7-23(36-33-14)31-17-4-6-22-20(10-17)30-13-37(22)24-8-5-18(19-9-16(27)12-29-19)26(32-24)25-15(2)34-35-21(25)11-28/h3-8,10,13,16,19,29H,9,12H2,1-2H3,(H,31,36)(H,34,35)/t16-,19-/m0/s1. The van der Waals surface area contributed by atoms with Crippen molar-refractivity contribution in [1.29, 1.82) is 5.26 Å². The molecule has 1 fully saturated rings. The zero-order chi connectivity index (χ0) is 25.5. The molecule has 0 bridgehead atoms. The van der Waals surface area contributed by atoms with E-state index in [-0.39, 0.29) is 18.3 Å². The molecule has 0 aliphatic carbocycles. The molecule has 1 aliphatic heterocycles. The zero-order valence-corrected chi connectivity index (χ0v) is 20.2. The number of rotatable bonds is 5. The molecular formula is C26H23FN10. The van der Waals surface area contributed by atoms with Crippen molar-refractivity contribution in [3.05, 3.63) is 71.4 Å². The smallest absolute Gasteiger partial charge is 0.171 e. The highest BCUT2D eigenvalue weighted by Gasteiger charge is 2.29. The molecule has 37 heavy (non-hydrogen) atoms. The molecule has 0 unspecified atom stereocenters. The number of halogens is 1. The van der Waals surface area contributed by atoms with Gasteiger partial charge in [-0.05, 0) is 62.2 Å². The molecule has 5 aromatic rings. The Morgan fingerprint density at radius 3 is 2.78 bits per heavy atom. The molecule has 10 nitrogen and oxygen atoms in total. The fourth-order valence-electron chi connectivity index (χ4n) is 4.69. The summed E-state index contributed by atoms with van der Waals surface area (Å²) in [5.41, 5.74) is 6.35.